The molecule has 0 atom stereocenters. The van der Waals surface area contributed by atoms with Crippen molar-refractivity contribution in [3.05, 3.63) is 68.1 Å². The maximum Gasteiger partial charge on any atom is 0.323 e. The van der Waals surface area contributed by atoms with Gasteiger partial charge in [-0.15, -0.1) is 0 Å². The van der Waals surface area contributed by atoms with Gasteiger partial charge >= 0.3 is 5.69 Å². The second-order valence-corrected chi connectivity index (χ2v) is 5.83. The van der Waals surface area contributed by atoms with Crippen molar-refractivity contribution in [3.8, 4) is 0 Å². The van der Waals surface area contributed by atoms with Gasteiger partial charge in [-0.2, -0.15) is 0 Å². The van der Waals surface area contributed by atoms with E-state index in [2.05, 4.69) is 20.6 Å². The number of nitrogens with zero attached hydrogens (tertiary/aromatic N) is 1. The summed E-state index contributed by atoms with van der Waals surface area (Å²) in [7, 11) is 0. The SMILES string of the molecule is Cc1cc(C(=O)NCC(=O)Nc2ccc3[nH]c(=O)[nH]c3c2)ccc1[N+](=O)[O-]. The third-order valence-corrected chi connectivity index (χ3v) is 3.86. The fourth-order valence-electron chi connectivity index (χ4n) is 2.58. The van der Waals surface area contributed by atoms with Gasteiger partial charge in [-0.25, -0.2) is 4.79 Å². The lowest BCUT2D eigenvalue weighted by molar-refractivity contribution is -0.385. The first-order chi connectivity index (χ1) is 12.8. The first-order valence-electron chi connectivity index (χ1n) is 7.88. The average molecular weight is 369 g/mol. The van der Waals surface area contributed by atoms with E-state index in [-0.39, 0.29) is 23.5 Å². The van der Waals surface area contributed by atoms with Gasteiger partial charge in [-0.1, -0.05) is 0 Å². The number of hydrogen-bond donors (Lipinski definition) is 4. The van der Waals surface area contributed by atoms with E-state index in [4.69, 9.17) is 0 Å². The number of anilines is 1. The number of nitro groups is 1. The number of imidazole rings is 1. The summed E-state index contributed by atoms with van der Waals surface area (Å²) in [5.41, 5.74) is 1.76. The fraction of sp³-hybridized carbons (Fsp3) is 0.118. The molecule has 0 bridgehead atoms. The first kappa shape index (κ1) is 17.9. The molecule has 0 unspecified atom stereocenters. The summed E-state index contributed by atoms with van der Waals surface area (Å²) >= 11 is 0. The van der Waals surface area contributed by atoms with Crippen LogP contribution in [0.3, 0.4) is 0 Å². The van der Waals surface area contributed by atoms with Crippen LogP contribution in [-0.2, 0) is 4.79 Å². The number of aromatic nitrogens is 2. The van der Waals surface area contributed by atoms with E-state index in [9.17, 15) is 24.5 Å². The molecule has 0 spiro atoms. The largest absolute Gasteiger partial charge is 0.343 e. The molecule has 138 valence electrons. The van der Waals surface area contributed by atoms with Gasteiger partial charge in [-0.3, -0.25) is 19.7 Å². The highest BCUT2D eigenvalue weighted by Gasteiger charge is 2.14. The summed E-state index contributed by atoms with van der Waals surface area (Å²) in [5.74, 6) is -0.979. The Bertz CT molecular complexity index is 1110. The molecule has 2 aromatic carbocycles. The van der Waals surface area contributed by atoms with Crippen LogP contribution in [0.2, 0.25) is 0 Å². The van der Waals surface area contributed by atoms with Crippen molar-refractivity contribution >= 4 is 34.2 Å². The average Bonchev–Trinajstić information content (AvgIpc) is 2.98. The molecule has 10 nitrogen and oxygen atoms in total. The summed E-state index contributed by atoms with van der Waals surface area (Å²) in [6, 6.07) is 8.81. The topological polar surface area (TPSA) is 150 Å². The van der Waals surface area contributed by atoms with E-state index in [0.29, 0.717) is 22.3 Å². The van der Waals surface area contributed by atoms with Gasteiger partial charge in [0, 0.05) is 22.9 Å². The molecule has 3 rings (SSSR count). The standard InChI is InChI=1S/C17H15N5O5/c1-9-6-10(2-5-14(9)22(26)27)16(24)18-8-15(23)19-11-3-4-12-13(7-11)21-17(25)20-12/h2-7H,8H2,1H3,(H,18,24)(H,19,23)(H2,20,21,25). The number of nitrogens with one attached hydrogen (secondary N) is 4. The quantitative estimate of drug-likeness (QED) is 0.396. The van der Waals surface area contributed by atoms with E-state index in [1.807, 2.05) is 0 Å². The third kappa shape index (κ3) is 4.00. The van der Waals surface area contributed by atoms with Crippen molar-refractivity contribution in [3.63, 3.8) is 0 Å². The Morgan fingerprint density at radius 1 is 1.11 bits per heavy atom. The van der Waals surface area contributed by atoms with Crippen molar-refractivity contribution in [2.45, 2.75) is 6.92 Å². The van der Waals surface area contributed by atoms with Crippen LogP contribution in [0.1, 0.15) is 15.9 Å². The number of benzene rings is 2. The molecule has 0 saturated carbocycles. The van der Waals surface area contributed by atoms with Gasteiger partial charge in [0.1, 0.15) is 0 Å². The number of aromatic amines is 2. The van der Waals surface area contributed by atoms with Crippen LogP contribution in [0.25, 0.3) is 11.0 Å². The minimum absolute atomic E-state index is 0.0810. The highest BCUT2D eigenvalue weighted by Crippen LogP contribution is 2.18. The Morgan fingerprint density at radius 2 is 1.85 bits per heavy atom. The highest BCUT2D eigenvalue weighted by molar-refractivity contribution is 6.00. The summed E-state index contributed by atoms with van der Waals surface area (Å²) in [5, 5.41) is 15.9. The number of aryl methyl sites for hydroxylation is 1. The Labute approximate surface area is 151 Å². The monoisotopic (exact) mass is 369 g/mol. The third-order valence-electron chi connectivity index (χ3n) is 3.86. The predicted octanol–water partition coefficient (Wildman–Crippen LogP) is 1.44. The molecule has 0 aliphatic rings. The van der Waals surface area contributed by atoms with Crippen LogP contribution in [0.5, 0.6) is 0 Å². The van der Waals surface area contributed by atoms with E-state index >= 15 is 0 Å². The van der Waals surface area contributed by atoms with Gasteiger partial charge in [0.05, 0.1) is 22.5 Å². The van der Waals surface area contributed by atoms with Crippen LogP contribution in [0.15, 0.2) is 41.2 Å². The number of carbonyl (C=O) groups is 2. The van der Waals surface area contributed by atoms with E-state index < -0.39 is 16.7 Å². The molecular weight excluding hydrogens is 354 g/mol. The number of H-pyrrole nitrogens is 2. The predicted molar refractivity (Wildman–Crippen MR) is 97.7 cm³/mol. The molecule has 1 heterocycles. The number of rotatable bonds is 5. The van der Waals surface area contributed by atoms with Crippen LogP contribution in [-0.4, -0.2) is 33.3 Å². The number of amides is 2. The lowest BCUT2D eigenvalue weighted by atomic mass is 10.1. The summed E-state index contributed by atoms with van der Waals surface area (Å²) < 4.78 is 0. The summed E-state index contributed by atoms with van der Waals surface area (Å²) in [6.45, 7) is 1.25. The Hall–Kier alpha value is -3.95. The number of fused-ring (bicyclic) bond motifs is 1. The maximum atomic E-state index is 12.1. The molecule has 2 amide bonds. The van der Waals surface area contributed by atoms with Crippen LogP contribution in [0.4, 0.5) is 11.4 Å². The highest BCUT2D eigenvalue weighted by atomic mass is 16.6. The zero-order chi connectivity index (χ0) is 19.6. The lowest BCUT2D eigenvalue weighted by Crippen LogP contribution is -2.32. The van der Waals surface area contributed by atoms with E-state index in [1.165, 1.54) is 25.1 Å². The molecule has 27 heavy (non-hydrogen) atoms. The van der Waals surface area contributed by atoms with Crippen molar-refractivity contribution in [2.24, 2.45) is 0 Å². The molecule has 0 aliphatic carbocycles. The lowest BCUT2D eigenvalue weighted by Gasteiger charge is -2.08. The van der Waals surface area contributed by atoms with Gasteiger partial charge < -0.3 is 20.6 Å². The van der Waals surface area contributed by atoms with Crippen molar-refractivity contribution in [2.75, 3.05) is 11.9 Å². The molecule has 4 N–H and O–H groups in total. The van der Waals surface area contributed by atoms with Gasteiger partial charge in [-0.05, 0) is 37.3 Å². The normalized spacial score (nSPS) is 10.6. The second kappa shape index (κ2) is 7.12. The molecule has 0 radical (unpaired) electrons. The van der Waals surface area contributed by atoms with Crippen LogP contribution < -0.4 is 16.3 Å². The Kier molecular flexibility index (Phi) is 4.71. The Balaban J connectivity index is 1.60. The molecular formula is C17H15N5O5. The Morgan fingerprint density at radius 3 is 2.56 bits per heavy atom. The number of hydrogen-bond acceptors (Lipinski definition) is 5. The van der Waals surface area contributed by atoms with Crippen molar-refractivity contribution < 1.29 is 14.5 Å². The number of nitro benzene ring substituents is 1. The zero-order valence-corrected chi connectivity index (χ0v) is 14.2. The first-order valence-corrected chi connectivity index (χ1v) is 7.88. The van der Waals surface area contributed by atoms with Crippen LogP contribution >= 0.6 is 0 Å². The zero-order valence-electron chi connectivity index (χ0n) is 14.2. The minimum Gasteiger partial charge on any atom is -0.343 e. The summed E-state index contributed by atoms with van der Waals surface area (Å²) in [6.07, 6.45) is 0. The second-order valence-electron chi connectivity index (χ2n) is 5.83. The molecule has 3 aromatic rings. The molecule has 0 fully saturated rings. The molecule has 0 aliphatic heterocycles. The van der Waals surface area contributed by atoms with Crippen molar-refractivity contribution in [1.29, 1.82) is 0 Å². The van der Waals surface area contributed by atoms with Gasteiger partial charge in [0.25, 0.3) is 11.6 Å². The fourth-order valence-corrected chi connectivity index (χ4v) is 2.58. The van der Waals surface area contributed by atoms with Gasteiger partial charge in [0.2, 0.25) is 5.91 Å². The number of carbonyl (C=O) groups excluding carboxylic acids is 2. The smallest absolute Gasteiger partial charge is 0.323 e. The molecule has 0 saturated heterocycles. The summed E-state index contributed by atoms with van der Waals surface area (Å²) in [4.78, 5) is 50.8. The maximum absolute atomic E-state index is 12.1. The van der Waals surface area contributed by atoms with Crippen LogP contribution in [0, 0.1) is 17.0 Å². The van der Waals surface area contributed by atoms with Crippen molar-refractivity contribution in [1.82, 2.24) is 15.3 Å². The van der Waals surface area contributed by atoms with E-state index in [0.717, 1.165) is 0 Å². The van der Waals surface area contributed by atoms with E-state index in [1.54, 1.807) is 18.2 Å². The minimum atomic E-state index is -0.529. The molecule has 1 aromatic heterocycles. The van der Waals surface area contributed by atoms with Gasteiger partial charge in [0.15, 0.2) is 0 Å². The molecule has 10 heteroatoms.